The number of rotatable bonds is 59. The number of aliphatic hydroxyl groups excluding tert-OH is 5. The molecule has 1 saturated heterocycles. The van der Waals surface area contributed by atoms with Crippen LogP contribution in [0.1, 0.15) is 323 Å². The van der Waals surface area contributed by atoms with Gasteiger partial charge in [0.1, 0.15) is 24.4 Å². The highest BCUT2D eigenvalue weighted by atomic mass is 16.7. The first-order valence-electron chi connectivity index (χ1n) is 34.4. The van der Waals surface area contributed by atoms with Gasteiger partial charge in [-0.1, -0.05) is 301 Å². The maximum absolute atomic E-state index is 13.5. The number of aliphatic hydroxyl groups is 5. The number of hydrogen-bond acceptors (Lipinski definition) is 10. The van der Waals surface area contributed by atoms with Gasteiger partial charge in [-0.25, -0.2) is 0 Å². The van der Waals surface area contributed by atoms with Crippen LogP contribution in [0.4, 0.5) is 0 Å². The fourth-order valence-electron chi connectivity index (χ4n) is 10.8. The van der Waals surface area contributed by atoms with Gasteiger partial charge in [0.2, 0.25) is 5.91 Å². The molecule has 1 heterocycles. The first kappa shape index (κ1) is 76.6. The van der Waals surface area contributed by atoms with Crippen molar-refractivity contribution in [2.75, 3.05) is 13.2 Å². The van der Waals surface area contributed by atoms with Crippen molar-refractivity contribution >= 4 is 11.9 Å². The van der Waals surface area contributed by atoms with Crippen LogP contribution in [-0.4, -0.2) is 99.6 Å². The van der Waals surface area contributed by atoms with E-state index < -0.39 is 67.4 Å². The zero-order chi connectivity index (χ0) is 58.9. The van der Waals surface area contributed by atoms with Gasteiger partial charge in [0.15, 0.2) is 12.4 Å². The Morgan fingerprint density at radius 3 is 1.30 bits per heavy atom. The molecule has 81 heavy (non-hydrogen) atoms. The lowest BCUT2D eigenvalue weighted by molar-refractivity contribution is -0.305. The van der Waals surface area contributed by atoms with Crippen molar-refractivity contribution < 1.29 is 49.3 Å². The number of nitrogens with one attached hydrogen (secondary N) is 1. The molecule has 0 bridgehead atoms. The van der Waals surface area contributed by atoms with Gasteiger partial charge < -0.3 is 45.1 Å². The van der Waals surface area contributed by atoms with Gasteiger partial charge in [0, 0.05) is 6.42 Å². The van der Waals surface area contributed by atoms with Crippen LogP contribution in [0.25, 0.3) is 0 Å². The monoisotopic (exact) mass is 1140 g/mol. The van der Waals surface area contributed by atoms with Gasteiger partial charge in [-0.2, -0.15) is 0 Å². The molecule has 8 unspecified atom stereocenters. The molecule has 0 spiro atoms. The lowest BCUT2D eigenvalue weighted by Gasteiger charge is -2.41. The topological polar surface area (TPSA) is 175 Å². The summed E-state index contributed by atoms with van der Waals surface area (Å²) in [5.74, 6) is -1.18. The Balaban J connectivity index is 2.56. The number of unbranched alkanes of at least 4 members (excludes halogenated alkanes) is 39. The zero-order valence-electron chi connectivity index (χ0n) is 52.7. The van der Waals surface area contributed by atoms with Crippen LogP contribution in [0, 0.1) is 0 Å². The fourth-order valence-corrected chi connectivity index (χ4v) is 10.8. The van der Waals surface area contributed by atoms with Gasteiger partial charge in [-0.05, 0) is 64.2 Å². The quantitative estimate of drug-likeness (QED) is 0.0195. The predicted molar refractivity (Wildman–Crippen MR) is 338 cm³/mol. The maximum Gasteiger partial charge on any atom is 0.306 e. The van der Waals surface area contributed by atoms with Crippen LogP contribution in [-0.2, 0) is 23.8 Å². The van der Waals surface area contributed by atoms with Crippen LogP contribution in [0.5, 0.6) is 0 Å². The van der Waals surface area contributed by atoms with E-state index in [0.717, 1.165) is 70.6 Å². The third-order valence-electron chi connectivity index (χ3n) is 16.2. The second-order valence-electron chi connectivity index (χ2n) is 23.9. The van der Waals surface area contributed by atoms with E-state index in [9.17, 15) is 35.1 Å². The molecule has 0 saturated carbocycles. The van der Waals surface area contributed by atoms with Crippen LogP contribution < -0.4 is 5.32 Å². The van der Waals surface area contributed by atoms with Crippen molar-refractivity contribution in [2.45, 2.75) is 372 Å². The highest BCUT2D eigenvalue weighted by Crippen LogP contribution is 2.26. The van der Waals surface area contributed by atoms with E-state index >= 15 is 0 Å². The first-order valence-corrected chi connectivity index (χ1v) is 34.4. The third kappa shape index (κ3) is 45.6. The molecule has 0 aliphatic carbocycles. The average Bonchev–Trinajstić information content (AvgIpc) is 3.48. The van der Waals surface area contributed by atoms with E-state index in [0.29, 0.717) is 19.3 Å². The molecule has 8 atom stereocenters. The molecule has 11 nitrogen and oxygen atoms in total. The molecule has 1 fully saturated rings. The summed E-state index contributed by atoms with van der Waals surface area (Å²) >= 11 is 0. The molecular formula is C70H129NO10. The Kier molecular flexibility index (Phi) is 54.9. The van der Waals surface area contributed by atoms with Crippen LogP contribution >= 0.6 is 0 Å². The SMILES string of the molecule is CCCCC/C=C\C/C=C\C/C=C\CCCCCCCCCCCCCCCC(O)C(=O)NC(COC1OC(CO)C(O)C(O)C1OC(=O)CCCCCCCCCCCCCCCC)C(O)/C=C/CCCCCCCCCCCC. The zero-order valence-corrected chi connectivity index (χ0v) is 52.7. The maximum atomic E-state index is 13.5. The summed E-state index contributed by atoms with van der Waals surface area (Å²) in [5, 5.41) is 57.1. The molecular weight excluding hydrogens is 1010 g/mol. The van der Waals surface area contributed by atoms with Gasteiger partial charge in [0.25, 0.3) is 0 Å². The Hall–Kier alpha value is -2.38. The molecule has 1 aliphatic heterocycles. The number of amides is 1. The number of carbonyl (C=O) groups is 2. The van der Waals surface area contributed by atoms with Gasteiger partial charge in [-0.15, -0.1) is 0 Å². The van der Waals surface area contributed by atoms with Crippen molar-refractivity contribution in [3.8, 4) is 0 Å². The van der Waals surface area contributed by atoms with E-state index in [1.54, 1.807) is 6.08 Å². The normalized spacial score (nSPS) is 18.9. The second-order valence-corrected chi connectivity index (χ2v) is 23.9. The molecule has 1 aliphatic rings. The van der Waals surface area contributed by atoms with Gasteiger partial charge >= 0.3 is 5.97 Å². The molecule has 0 radical (unpaired) electrons. The van der Waals surface area contributed by atoms with E-state index in [1.807, 2.05) is 6.08 Å². The number of hydrogen-bond donors (Lipinski definition) is 6. The third-order valence-corrected chi connectivity index (χ3v) is 16.2. The molecule has 6 N–H and O–H groups in total. The largest absolute Gasteiger partial charge is 0.454 e. The lowest BCUT2D eigenvalue weighted by atomic mass is 9.99. The smallest absolute Gasteiger partial charge is 0.306 e. The Labute approximate surface area is 497 Å². The van der Waals surface area contributed by atoms with E-state index in [4.69, 9.17) is 14.2 Å². The van der Waals surface area contributed by atoms with E-state index in [2.05, 4.69) is 62.5 Å². The van der Waals surface area contributed by atoms with E-state index in [1.165, 1.54) is 205 Å². The molecule has 474 valence electrons. The molecule has 1 rings (SSSR count). The average molecular weight is 1140 g/mol. The Morgan fingerprint density at radius 1 is 0.481 bits per heavy atom. The van der Waals surface area contributed by atoms with Crippen LogP contribution in [0.15, 0.2) is 48.6 Å². The minimum atomic E-state index is -1.61. The molecule has 0 aromatic rings. The Bertz CT molecular complexity index is 1500. The number of esters is 1. The summed E-state index contributed by atoms with van der Waals surface area (Å²) in [6, 6.07) is -1.02. The molecule has 0 aromatic heterocycles. The standard InChI is InChI=1S/C70H129NO10/c1-4-7-10-13-16-19-22-25-27-28-29-30-31-32-33-34-35-36-37-38-39-42-45-48-51-54-57-63(74)69(78)71-61(62(73)56-53-50-47-44-41-24-21-18-15-12-9-6-3)60-79-70-68(67(77)66(76)64(59-72)80-70)81-65(75)58-55-52-49-46-43-40-26-23-20-17-14-11-8-5-2/h16,19,25,27,29-30,53,56,61-64,66-68,70,72-74,76-77H,4-15,17-18,20-24,26,28,31-52,54-55,57-60H2,1-3H3,(H,71,78)/b19-16-,27-25-,30-29-,56-53+. The molecule has 0 aromatic carbocycles. The number of ether oxygens (including phenoxy) is 3. The summed E-state index contributed by atoms with van der Waals surface area (Å²) in [6.07, 6.45) is 61.5. The van der Waals surface area contributed by atoms with Crippen molar-refractivity contribution in [2.24, 2.45) is 0 Å². The lowest BCUT2D eigenvalue weighted by Crippen LogP contribution is -2.61. The number of allylic oxidation sites excluding steroid dienone is 7. The highest BCUT2D eigenvalue weighted by Gasteiger charge is 2.47. The van der Waals surface area contributed by atoms with Gasteiger partial charge in [-0.3, -0.25) is 9.59 Å². The Morgan fingerprint density at radius 2 is 0.852 bits per heavy atom. The molecule has 11 heteroatoms. The van der Waals surface area contributed by atoms with Crippen molar-refractivity contribution in [3.63, 3.8) is 0 Å². The van der Waals surface area contributed by atoms with Crippen molar-refractivity contribution in [1.29, 1.82) is 0 Å². The number of carbonyl (C=O) groups excluding carboxylic acids is 2. The minimum Gasteiger partial charge on any atom is -0.454 e. The van der Waals surface area contributed by atoms with E-state index in [-0.39, 0.29) is 13.0 Å². The predicted octanol–water partition coefficient (Wildman–Crippen LogP) is 17.2. The second kappa shape index (κ2) is 58.0. The highest BCUT2D eigenvalue weighted by molar-refractivity contribution is 5.80. The molecule has 1 amide bonds. The fraction of sp³-hybridized carbons (Fsp3) is 0.857. The van der Waals surface area contributed by atoms with Gasteiger partial charge in [0.05, 0.1) is 25.4 Å². The summed E-state index contributed by atoms with van der Waals surface area (Å²) in [5.41, 5.74) is 0. The minimum absolute atomic E-state index is 0.128. The van der Waals surface area contributed by atoms with Crippen molar-refractivity contribution in [1.82, 2.24) is 5.32 Å². The van der Waals surface area contributed by atoms with Crippen molar-refractivity contribution in [3.05, 3.63) is 48.6 Å². The van der Waals surface area contributed by atoms with Crippen LogP contribution in [0.2, 0.25) is 0 Å². The summed E-state index contributed by atoms with van der Waals surface area (Å²) in [7, 11) is 0. The van der Waals surface area contributed by atoms with Crippen LogP contribution in [0.3, 0.4) is 0 Å². The summed E-state index contributed by atoms with van der Waals surface area (Å²) in [4.78, 5) is 26.6. The summed E-state index contributed by atoms with van der Waals surface area (Å²) < 4.78 is 17.7. The summed E-state index contributed by atoms with van der Waals surface area (Å²) in [6.45, 7) is 5.79. The first-order chi connectivity index (χ1) is 39.7.